The quantitative estimate of drug-likeness (QED) is 0.0538. The number of carboxylic acid groups (broad SMARTS) is 1. The Bertz CT molecular complexity index is 1640. The van der Waals surface area contributed by atoms with Gasteiger partial charge in [-0.1, -0.05) is 89.8 Å². The first-order valence-corrected chi connectivity index (χ1v) is 18.2. The number of carbonyl (C=O) groups is 2. The molecule has 0 fully saturated rings. The molecule has 0 aliphatic carbocycles. The van der Waals surface area contributed by atoms with Gasteiger partial charge in [-0.25, -0.2) is 9.97 Å². The van der Waals surface area contributed by atoms with Gasteiger partial charge in [0.25, 0.3) is 5.91 Å². The first kappa shape index (κ1) is 38.6. The van der Waals surface area contributed by atoms with E-state index in [0.29, 0.717) is 10.7 Å². The van der Waals surface area contributed by atoms with Crippen LogP contribution in [0, 0.1) is 0 Å². The van der Waals surface area contributed by atoms with Crippen LogP contribution < -0.4 is 21.1 Å². The van der Waals surface area contributed by atoms with Crippen molar-refractivity contribution in [1.29, 1.82) is 0 Å². The Morgan fingerprint density at radius 2 is 1.56 bits per heavy atom. The molecule has 0 spiro atoms. The van der Waals surface area contributed by atoms with Gasteiger partial charge in [-0.15, -0.1) is 11.3 Å². The molecule has 1 unspecified atom stereocenters. The molecule has 0 saturated carbocycles. The van der Waals surface area contributed by atoms with Gasteiger partial charge >= 0.3 is 5.97 Å². The number of aliphatic hydroxyl groups is 1. The minimum absolute atomic E-state index is 0.111. The zero-order chi connectivity index (χ0) is 36.1. The normalized spacial score (nSPS) is 13.4. The van der Waals surface area contributed by atoms with Gasteiger partial charge in [0, 0.05) is 28.4 Å². The molecule has 4 rings (SSSR count). The first-order valence-electron chi connectivity index (χ1n) is 17.4. The smallest absolute Gasteiger partial charge is 0.320 e. The summed E-state index contributed by atoms with van der Waals surface area (Å²) < 4.78 is 5.89. The van der Waals surface area contributed by atoms with Gasteiger partial charge in [0.2, 0.25) is 0 Å². The Labute approximate surface area is 299 Å². The van der Waals surface area contributed by atoms with E-state index in [-0.39, 0.29) is 30.7 Å². The lowest BCUT2D eigenvalue weighted by molar-refractivity contribution is -0.140. The summed E-state index contributed by atoms with van der Waals surface area (Å²) >= 11 is 1.40. The summed E-state index contributed by atoms with van der Waals surface area (Å²) in [4.78, 5) is 35.8. The number of unbranched alkanes of at least 4 members (excludes halogenated alkanes) is 4. The maximum atomic E-state index is 13.3. The number of aromatic nitrogens is 2. The summed E-state index contributed by atoms with van der Waals surface area (Å²) in [6, 6.07) is 17.3. The van der Waals surface area contributed by atoms with Crippen LogP contribution in [0.2, 0.25) is 0 Å². The number of nitrogens with two attached hydrogens (primary N) is 1. The number of hydrogen-bond donors (Lipinski definition) is 5. The molecule has 2 heterocycles. The molecule has 11 heteroatoms. The SMILES string of the molecule is CCCCCCCOc1ccc(-c2cnc(-c3ccc(C[C@H](NC(=O)c4ccc(C(C)(C)C)s4)C(O)N[C@H](CCN)C(=O)O)cc3)nc2)cc1. The molecule has 2 aromatic heterocycles. The van der Waals surface area contributed by atoms with Crippen molar-refractivity contribution in [1.82, 2.24) is 20.6 Å². The number of aliphatic hydroxyl groups excluding tert-OH is 1. The molecule has 50 heavy (non-hydrogen) atoms. The largest absolute Gasteiger partial charge is 0.494 e. The van der Waals surface area contributed by atoms with Gasteiger partial charge in [0.1, 0.15) is 18.0 Å². The monoisotopic (exact) mass is 701 g/mol. The van der Waals surface area contributed by atoms with Crippen molar-refractivity contribution in [2.24, 2.45) is 5.73 Å². The molecule has 1 amide bonds. The third-order valence-corrected chi connectivity index (χ3v) is 9.93. The molecule has 10 nitrogen and oxygen atoms in total. The lowest BCUT2D eigenvalue weighted by Gasteiger charge is -2.27. The molecular formula is C39H51N5O5S. The number of ether oxygens (including phenoxy) is 1. The van der Waals surface area contributed by atoms with Crippen molar-refractivity contribution in [3.63, 3.8) is 0 Å². The van der Waals surface area contributed by atoms with Crippen molar-refractivity contribution in [3.05, 3.63) is 88.4 Å². The molecule has 3 atom stereocenters. The van der Waals surface area contributed by atoms with Crippen molar-refractivity contribution >= 4 is 23.2 Å². The average molecular weight is 702 g/mol. The standard InChI is InChI=1S/C39H51N5O5S/c1-5-6-7-8-9-22-49-30-16-14-27(15-17-30)29-24-41-35(42-25-29)28-12-10-26(11-13-28)23-32(36(45)43-31(20-21-40)38(47)48)44-37(46)33-18-19-34(50-33)39(2,3)4/h10-19,24-25,31-32,36,43,45H,5-9,20-23,40H2,1-4H3,(H,44,46)(H,47,48)/t31-,32+,36?/m1/s1. The predicted molar refractivity (Wildman–Crippen MR) is 199 cm³/mol. The summed E-state index contributed by atoms with van der Waals surface area (Å²) in [5.41, 5.74) is 9.02. The van der Waals surface area contributed by atoms with E-state index in [0.717, 1.165) is 45.9 Å². The van der Waals surface area contributed by atoms with Gasteiger partial charge in [-0.05, 0) is 66.6 Å². The lowest BCUT2D eigenvalue weighted by Crippen LogP contribution is -2.55. The minimum atomic E-state index is -1.35. The second-order valence-electron chi connectivity index (χ2n) is 13.6. The molecule has 0 radical (unpaired) electrons. The average Bonchev–Trinajstić information content (AvgIpc) is 3.62. The Morgan fingerprint density at radius 1 is 0.900 bits per heavy atom. The highest BCUT2D eigenvalue weighted by molar-refractivity contribution is 7.14. The molecule has 2 aromatic carbocycles. The van der Waals surface area contributed by atoms with Gasteiger partial charge in [0.15, 0.2) is 5.82 Å². The molecule has 4 aromatic rings. The van der Waals surface area contributed by atoms with Gasteiger partial charge < -0.3 is 26.0 Å². The predicted octanol–water partition coefficient (Wildman–Crippen LogP) is 6.57. The molecular weight excluding hydrogens is 651 g/mol. The van der Waals surface area contributed by atoms with Crippen LogP contribution in [0.1, 0.15) is 86.3 Å². The summed E-state index contributed by atoms with van der Waals surface area (Å²) in [6.45, 7) is 9.30. The number of hydrogen-bond acceptors (Lipinski definition) is 9. The highest BCUT2D eigenvalue weighted by Crippen LogP contribution is 2.30. The van der Waals surface area contributed by atoms with E-state index in [2.05, 4.69) is 48.3 Å². The summed E-state index contributed by atoms with van der Waals surface area (Å²) in [5.74, 6) is -0.0524. The number of thiophene rings is 1. The third kappa shape index (κ3) is 11.4. The molecule has 0 saturated heterocycles. The number of carboxylic acids is 1. The fourth-order valence-electron chi connectivity index (χ4n) is 5.42. The molecule has 6 N–H and O–H groups in total. The van der Waals surface area contributed by atoms with Crippen molar-refractivity contribution in [2.45, 2.75) is 96.4 Å². The summed E-state index contributed by atoms with van der Waals surface area (Å²) in [6.07, 6.45) is 8.62. The van der Waals surface area contributed by atoms with Crippen molar-refractivity contribution < 1.29 is 24.5 Å². The maximum Gasteiger partial charge on any atom is 0.320 e. The van der Waals surface area contributed by atoms with E-state index >= 15 is 0 Å². The van der Waals surface area contributed by atoms with Crippen molar-refractivity contribution in [2.75, 3.05) is 13.2 Å². The van der Waals surface area contributed by atoms with Crippen LogP contribution in [-0.4, -0.2) is 63.5 Å². The van der Waals surface area contributed by atoms with E-state index in [1.165, 1.54) is 37.0 Å². The minimum Gasteiger partial charge on any atom is -0.494 e. The van der Waals surface area contributed by atoms with E-state index in [4.69, 9.17) is 10.5 Å². The van der Waals surface area contributed by atoms with E-state index < -0.39 is 24.3 Å². The zero-order valence-electron chi connectivity index (χ0n) is 29.5. The number of nitrogens with one attached hydrogen (secondary N) is 2. The maximum absolute atomic E-state index is 13.3. The number of amides is 1. The van der Waals surface area contributed by atoms with Crippen LogP contribution in [-0.2, 0) is 16.6 Å². The first-order chi connectivity index (χ1) is 24.0. The lowest BCUT2D eigenvalue weighted by atomic mass is 9.95. The summed E-state index contributed by atoms with van der Waals surface area (Å²) in [5, 5.41) is 26.4. The Balaban J connectivity index is 1.42. The topological polar surface area (TPSA) is 160 Å². The van der Waals surface area contributed by atoms with Gasteiger partial charge in [0.05, 0.1) is 17.5 Å². The number of rotatable bonds is 19. The van der Waals surface area contributed by atoms with Crippen LogP contribution in [0.4, 0.5) is 0 Å². The summed E-state index contributed by atoms with van der Waals surface area (Å²) in [7, 11) is 0. The van der Waals surface area contributed by atoms with Crippen LogP contribution in [0.3, 0.4) is 0 Å². The molecule has 0 aliphatic heterocycles. The zero-order valence-corrected chi connectivity index (χ0v) is 30.3. The Kier molecular flexibility index (Phi) is 14.5. The molecule has 0 aliphatic rings. The Morgan fingerprint density at radius 3 is 2.16 bits per heavy atom. The number of benzene rings is 2. The second-order valence-corrected chi connectivity index (χ2v) is 14.6. The highest BCUT2D eigenvalue weighted by Gasteiger charge is 2.28. The van der Waals surface area contributed by atoms with Gasteiger partial charge in [-0.3, -0.25) is 14.9 Å². The third-order valence-electron chi connectivity index (χ3n) is 8.42. The fourth-order valence-corrected chi connectivity index (χ4v) is 6.39. The van der Waals surface area contributed by atoms with Crippen LogP contribution in [0.15, 0.2) is 73.1 Å². The van der Waals surface area contributed by atoms with E-state index in [1.54, 1.807) is 18.5 Å². The fraction of sp³-hybridized carbons (Fsp3) is 0.436. The van der Waals surface area contributed by atoms with Crippen LogP contribution in [0.25, 0.3) is 22.5 Å². The molecule has 0 bridgehead atoms. The van der Waals surface area contributed by atoms with Crippen LogP contribution >= 0.6 is 11.3 Å². The molecule has 268 valence electrons. The number of carbonyl (C=O) groups excluding carboxylic acids is 1. The van der Waals surface area contributed by atoms with Crippen LogP contribution in [0.5, 0.6) is 5.75 Å². The highest BCUT2D eigenvalue weighted by atomic mass is 32.1. The second kappa shape index (κ2) is 18.7. The number of nitrogens with zero attached hydrogens (tertiary/aromatic N) is 2. The van der Waals surface area contributed by atoms with E-state index in [1.807, 2.05) is 54.6 Å². The van der Waals surface area contributed by atoms with E-state index in [9.17, 15) is 19.8 Å². The Hall–Kier alpha value is -4.16. The van der Waals surface area contributed by atoms with Gasteiger partial charge in [-0.2, -0.15) is 0 Å². The number of aliphatic carboxylic acids is 1. The van der Waals surface area contributed by atoms with Crippen molar-refractivity contribution in [3.8, 4) is 28.3 Å².